The number of rotatable bonds is 6. The van der Waals surface area contributed by atoms with Crippen molar-refractivity contribution in [2.75, 3.05) is 20.2 Å². The van der Waals surface area contributed by atoms with Crippen LogP contribution in [0.1, 0.15) is 18.9 Å². The molecular weight excluding hydrogens is 233 g/mol. The monoisotopic (exact) mass is 253 g/mol. The second-order valence-electron chi connectivity index (χ2n) is 4.39. The lowest BCUT2D eigenvalue weighted by atomic mass is 10.1. The summed E-state index contributed by atoms with van der Waals surface area (Å²) in [6.45, 7) is 2.18. The van der Waals surface area contributed by atoms with Crippen molar-refractivity contribution in [3.63, 3.8) is 0 Å². The minimum Gasteiger partial charge on any atom is -0.396 e. The molecule has 1 atom stereocenters. The van der Waals surface area contributed by atoms with Crippen LogP contribution in [0.15, 0.2) is 24.3 Å². The van der Waals surface area contributed by atoms with E-state index in [2.05, 4.69) is 0 Å². The lowest BCUT2D eigenvalue weighted by Gasteiger charge is -2.21. The van der Waals surface area contributed by atoms with Crippen LogP contribution in [0.25, 0.3) is 0 Å². The molecule has 1 aromatic carbocycles. The lowest BCUT2D eigenvalue weighted by Crippen LogP contribution is -2.35. The number of aliphatic hydroxyl groups excluding tert-OH is 1. The van der Waals surface area contributed by atoms with Gasteiger partial charge in [-0.15, -0.1) is 0 Å². The van der Waals surface area contributed by atoms with E-state index in [0.29, 0.717) is 24.9 Å². The highest BCUT2D eigenvalue weighted by atomic mass is 19.1. The van der Waals surface area contributed by atoms with Crippen molar-refractivity contribution in [3.8, 4) is 0 Å². The zero-order valence-corrected chi connectivity index (χ0v) is 10.9. The van der Waals surface area contributed by atoms with E-state index in [1.165, 1.54) is 6.07 Å². The third kappa shape index (κ3) is 3.81. The minimum absolute atomic E-state index is 0.0867. The first-order valence-electron chi connectivity index (χ1n) is 6.19. The molecular formula is C14H20FNO2. The molecule has 0 fully saturated rings. The van der Waals surface area contributed by atoms with Crippen LogP contribution in [0.4, 0.5) is 4.39 Å². The van der Waals surface area contributed by atoms with Gasteiger partial charge in [0.25, 0.3) is 0 Å². The summed E-state index contributed by atoms with van der Waals surface area (Å²) < 4.78 is 13.4. The van der Waals surface area contributed by atoms with Gasteiger partial charge >= 0.3 is 0 Å². The fraction of sp³-hybridized carbons (Fsp3) is 0.500. The number of aliphatic hydroxyl groups is 1. The topological polar surface area (TPSA) is 40.5 Å². The van der Waals surface area contributed by atoms with Crippen LogP contribution in [0.5, 0.6) is 0 Å². The molecule has 0 saturated carbocycles. The molecule has 0 radical (unpaired) electrons. The van der Waals surface area contributed by atoms with Crippen molar-refractivity contribution in [1.29, 1.82) is 0 Å². The number of hydrogen-bond donors (Lipinski definition) is 1. The Labute approximate surface area is 107 Å². The zero-order chi connectivity index (χ0) is 13.5. The van der Waals surface area contributed by atoms with Crippen molar-refractivity contribution in [3.05, 3.63) is 35.6 Å². The van der Waals surface area contributed by atoms with Gasteiger partial charge in [0.2, 0.25) is 5.91 Å². The maximum absolute atomic E-state index is 13.4. The van der Waals surface area contributed by atoms with Crippen molar-refractivity contribution in [2.45, 2.75) is 19.8 Å². The number of likely N-dealkylation sites (N-methyl/N-ethyl adjacent to an activating group) is 1. The number of carbonyl (C=O) groups is 1. The average molecular weight is 253 g/mol. The predicted octanol–water partition coefficient (Wildman–Crippen LogP) is 1.85. The molecule has 0 aromatic heterocycles. The Bertz CT molecular complexity index is 391. The molecule has 1 amide bonds. The molecule has 0 aliphatic heterocycles. The highest BCUT2D eigenvalue weighted by molar-refractivity contribution is 5.78. The van der Waals surface area contributed by atoms with Gasteiger partial charge in [0, 0.05) is 13.6 Å². The van der Waals surface area contributed by atoms with E-state index in [1.54, 1.807) is 30.1 Å². The standard InChI is InChI=1S/C14H20FNO2/c1-3-11(10-17)14(18)16(2)9-8-12-6-4-5-7-13(12)15/h4-7,11,17H,3,8-10H2,1-2H3. The van der Waals surface area contributed by atoms with Crippen LogP contribution in [0, 0.1) is 11.7 Å². The number of benzene rings is 1. The van der Waals surface area contributed by atoms with E-state index >= 15 is 0 Å². The van der Waals surface area contributed by atoms with E-state index in [4.69, 9.17) is 5.11 Å². The largest absolute Gasteiger partial charge is 0.396 e. The summed E-state index contributed by atoms with van der Waals surface area (Å²) in [5.41, 5.74) is 0.606. The first kappa shape index (κ1) is 14.6. The molecule has 18 heavy (non-hydrogen) atoms. The van der Waals surface area contributed by atoms with Crippen LogP contribution in [-0.2, 0) is 11.2 Å². The Morgan fingerprint density at radius 1 is 1.44 bits per heavy atom. The summed E-state index contributed by atoms with van der Waals surface area (Å²) in [7, 11) is 1.68. The first-order valence-corrected chi connectivity index (χ1v) is 6.19. The number of halogens is 1. The third-order valence-electron chi connectivity index (χ3n) is 3.11. The van der Waals surface area contributed by atoms with Crippen molar-refractivity contribution < 1.29 is 14.3 Å². The normalized spacial score (nSPS) is 12.2. The van der Waals surface area contributed by atoms with Crippen LogP contribution in [0.2, 0.25) is 0 Å². The second kappa shape index (κ2) is 7.11. The summed E-state index contributed by atoms with van der Waals surface area (Å²) in [4.78, 5) is 13.4. The van der Waals surface area contributed by atoms with Crippen molar-refractivity contribution in [2.24, 2.45) is 5.92 Å². The Kier molecular flexibility index (Phi) is 5.78. The summed E-state index contributed by atoms with van der Waals surface area (Å²) >= 11 is 0. The third-order valence-corrected chi connectivity index (χ3v) is 3.11. The second-order valence-corrected chi connectivity index (χ2v) is 4.39. The summed E-state index contributed by atoms with van der Waals surface area (Å²) in [5, 5.41) is 9.07. The highest BCUT2D eigenvalue weighted by Gasteiger charge is 2.19. The molecule has 0 bridgehead atoms. The molecule has 0 heterocycles. The Hall–Kier alpha value is -1.42. The van der Waals surface area contributed by atoms with Gasteiger partial charge in [-0.2, -0.15) is 0 Å². The first-order chi connectivity index (χ1) is 8.60. The number of carbonyl (C=O) groups excluding carboxylic acids is 1. The quantitative estimate of drug-likeness (QED) is 0.840. The lowest BCUT2D eigenvalue weighted by molar-refractivity contribution is -0.135. The molecule has 3 nitrogen and oxygen atoms in total. The van der Waals surface area contributed by atoms with E-state index in [-0.39, 0.29) is 24.2 Å². The SMILES string of the molecule is CCC(CO)C(=O)N(C)CCc1ccccc1F. The summed E-state index contributed by atoms with van der Waals surface area (Å²) in [5.74, 6) is -0.681. The van der Waals surface area contributed by atoms with Gasteiger partial charge in [0.1, 0.15) is 5.82 Å². The molecule has 0 spiro atoms. The minimum atomic E-state index is -0.351. The number of nitrogens with zero attached hydrogens (tertiary/aromatic N) is 1. The van der Waals surface area contributed by atoms with Crippen LogP contribution in [0.3, 0.4) is 0 Å². The van der Waals surface area contributed by atoms with E-state index in [1.807, 2.05) is 6.92 Å². The molecule has 0 aliphatic rings. The molecule has 1 aromatic rings. The Morgan fingerprint density at radius 3 is 2.67 bits per heavy atom. The maximum Gasteiger partial charge on any atom is 0.227 e. The predicted molar refractivity (Wildman–Crippen MR) is 68.6 cm³/mol. The fourth-order valence-electron chi connectivity index (χ4n) is 1.79. The molecule has 4 heteroatoms. The fourth-order valence-corrected chi connectivity index (χ4v) is 1.79. The van der Waals surface area contributed by atoms with Crippen LogP contribution < -0.4 is 0 Å². The molecule has 1 rings (SSSR count). The van der Waals surface area contributed by atoms with Gasteiger partial charge in [-0.05, 0) is 24.5 Å². The van der Waals surface area contributed by atoms with Crippen molar-refractivity contribution in [1.82, 2.24) is 4.90 Å². The van der Waals surface area contributed by atoms with Gasteiger partial charge < -0.3 is 10.0 Å². The number of hydrogen-bond acceptors (Lipinski definition) is 2. The van der Waals surface area contributed by atoms with Crippen LogP contribution >= 0.6 is 0 Å². The number of amides is 1. The molecule has 100 valence electrons. The van der Waals surface area contributed by atoms with Gasteiger partial charge in [0.05, 0.1) is 12.5 Å². The summed E-state index contributed by atoms with van der Waals surface area (Å²) in [6, 6.07) is 6.56. The zero-order valence-electron chi connectivity index (χ0n) is 10.9. The maximum atomic E-state index is 13.4. The Balaban J connectivity index is 2.53. The molecule has 1 unspecified atom stereocenters. The van der Waals surface area contributed by atoms with Gasteiger partial charge in [-0.25, -0.2) is 4.39 Å². The smallest absolute Gasteiger partial charge is 0.227 e. The van der Waals surface area contributed by atoms with E-state index in [0.717, 1.165) is 0 Å². The Morgan fingerprint density at radius 2 is 2.11 bits per heavy atom. The van der Waals surface area contributed by atoms with E-state index < -0.39 is 0 Å². The summed E-state index contributed by atoms with van der Waals surface area (Å²) in [6.07, 6.45) is 1.09. The average Bonchev–Trinajstić information content (AvgIpc) is 2.38. The van der Waals surface area contributed by atoms with Crippen LogP contribution in [-0.4, -0.2) is 36.1 Å². The van der Waals surface area contributed by atoms with Crippen molar-refractivity contribution >= 4 is 5.91 Å². The highest BCUT2D eigenvalue weighted by Crippen LogP contribution is 2.10. The van der Waals surface area contributed by atoms with Gasteiger partial charge in [-0.1, -0.05) is 25.1 Å². The van der Waals surface area contributed by atoms with Gasteiger partial charge in [0.15, 0.2) is 0 Å². The van der Waals surface area contributed by atoms with Gasteiger partial charge in [-0.3, -0.25) is 4.79 Å². The molecule has 1 N–H and O–H groups in total. The van der Waals surface area contributed by atoms with E-state index in [9.17, 15) is 9.18 Å². The molecule has 0 saturated heterocycles. The molecule has 0 aliphatic carbocycles.